The van der Waals surface area contributed by atoms with Gasteiger partial charge in [-0.25, -0.2) is 22.9 Å². The second kappa shape index (κ2) is 6.26. The summed E-state index contributed by atoms with van der Waals surface area (Å²) in [6, 6.07) is 2.31. The molecule has 3 rings (SSSR count). The fourth-order valence-electron chi connectivity index (χ4n) is 3.71. The largest absolute Gasteiger partial charge is 0.481 e. The standard InChI is InChI=1S/C15H20N4O5S/c1-16-25(23,24)11-4-5-12(17-7-11)18-14(22)19-8-10-3-2-6-15(10,9-19)13(20)21/h4-5,7,10,16H,2-3,6,8-9H2,1H3,(H,20,21)(H,17,18,22)/t10-,15+/m0/s1. The van der Waals surface area contributed by atoms with Gasteiger partial charge in [0.1, 0.15) is 10.7 Å². The molecule has 2 atom stereocenters. The number of aromatic nitrogens is 1. The van der Waals surface area contributed by atoms with E-state index in [9.17, 15) is 23.1 Å². The number of aliphatic carboxylic acids is 1. The van der Waals surface area contributed by atoms with Gasteiger partial charge in [0.15, 0.2) is 0 Å². The number of hydrogen-bond donors (Lipinski definition) is 3. The summed E-state index contributed by atoms with van der Waals surface area (Å²) in [5.41, 5.74) is -0.838. The van der Waals surface area contributed by atoms with E-state index < -0.39 is 27.4 Å². The van der Waals surface area contributed by atoms with Crippen molar-refractivity contribution in [1.29, 1.82) is 0 Å². The summed E-state index contributed by atoms with van der Waals surface area (Å²) in [4.78, 5) is 29.5. The number of carbonyl (C=O) groups excluding carboxylic acids is 1. The van der Waals surface area contributed by atoms with Gasteiger partial charge in [0, 0.05) is 19.3 Å². The van der Waals surface area contributed by atoms with Crippen molar-refractivity contribution >= 4 is 27.8 Å². The third kappa shape index (κ3) is 3.07. The molecule has 9 nitrogen and oxygen atoms in total. The van der Waals surface area contributed by atoms with Gasteiger partial charge in [0.2, 0.25) is 10.0 Å². The predicted octanol–water partition coefficient (Wildman–Crippen LogP) is 0.708. The quantitative estimate of drug-likeness (QED) is 0.718. The van der Waals surface area contributed by atoms with Crippen molar-refractivity contribution in [3.05, 3.63) is 18.3 Å². The number of sulfonamides is 1. The van der Waals surface area contributed by atoms with Crippen LogP contribution in [0.4, 0.5) is 10.6 Å². The van der Waals surface area contributed by atoms with Crippen LogP contribution in [0.15, 0.2) is 23.2 Å². The molecule has 0 spiro atoms. The molecule has 0 unspecified atom stereocenters. The number of nitrogens with one attached hydrogen (secondary N) is 2. The molecule has 0 radical (unpaired) electrons. The SMILES string of the molecule is CNS(=O)(=O)c1ccc(NC(=O)N2C[C@@H]3CCC[C@@]3(C(=O)O)C2)nc1. The molecular formula is C15H20N4O5S. The van der Waals surface area contributed by atoms with Crippen LogP contribution in [0, 0.1) is 11.3 Å². The number of amides is 2. The number of fused-ring (bicyclic) bond motifs is 1. The summed E-state index contributed by atoms with van der Waals surface area (Å²) >= 11 is 0. The second-order valence-corrected chi connectivity index (χ2v) is 8.33. The molecule has 1 aromatic heterocycles. The highest BCUT2D eigenvalue weighted by molar-refractivity contribution is 7.89. The number of carbonyl (C=O) groups is 2. The van der Waals surface area contributed by atoms with Crippen LogP contribution >= 0.6 is 0 Å². The number of likely N-dealkylation sites (tertiary alicyclic amines) is 1. The van der Waals surface area contributed by atoms with Gasteiger partial charge in [0.25, 0.3) is 0 Å². The minimum atomic E-state index is -3.59. The number of pyridine rings is 1. The first-order valence-corrected chi connectivity index (χ1v) is 9.46. The number of carboxylic acid groups (broad SMARTS) is 1. The summed E-state index contributed by atoms with van der Waals surface area (Å²) in [6.07, 6.45) is 3.42. The lowest BCUT2D eigenvalue weighted by Crippen LogP contribution is -2.38. The Labute approximate surface area is 145 Å². The van der Waals surface area contributed by atoms with E-state index in [1.165, 1.54) is 24.1 Å². The maximum atomic E-state index is 12.4. The normalized spacial score (nSPS) is 25.6. The molecule has 1 aliphatic carbocycles. The minimum Gasteiger partial charge on any atom is -0.481 e. The number of urea groups is 1. The molecule has 0 bridgehead atoms. The summed E-state index contributed by atoms with van der Waals surface area (Å²) in [7, 11) is -2.29. The highest BCUT2D eigenvalue weighted by atomic mass is 32.2. The lowest BCUT2D eigenvalue weighted by molar-refractivity contribution is -0.149. The lowest BCUT2D eigenvalue weighted by atomic mass is 9.81. The molecule has 25 heavy (non-hydrogen) atoms. The highest BCUT2D eigenvalue weighted by Crippen LogP contribution is 2.48. The van der Waals surface area contributed by atoms with Crippen LogP contribution in [-0.2, 0) is 14.8 Å². The molecule has 3 N–H and O–H groups in total. The number of hydrogen-bond acceptors (Lipinski definition) is 5. The molecule has 10 heteroatoms. The average Bonchev–Trinajstić information content (AvgIpc) is 3.13. The topological polar surface area (TPSA) is 129 Å². The predicted molar refractivity (Wildman–Crippen MR) is 88.5 cm³/mol. The Hall–Kier alpha value is -2.20. The summed E-state index contributed by atoms with van der Waals surface area (Å²) in [5.74, 6) is -0.654. The number of rotatable bonds is 4. The third-order valence-electron chi connectivity index (χ3n) is 5.13. The Kier molecular flexibility index (Phi) is 4.41. The van der Waals surface area contributed by atoms with Crippen molar-refractivity contribution in [1.82, 2.24) is 14.6 Å². The Morgan fingerprint density at radius 3 is 2.72 bits per heavy atom. The number of nitrogens with zero attached hydrogens (tertiary/aromatic N) is 2. The average molecular weight is 368 g/mol. The fourth-order valence-corrected chi connectivity index (χ4v) is 4.39. The Morgan fingerprint density at radius 1 is 1.40 bits per heavy atom. The van der Waals surface area contributed by atoms with E-state index in [0.717, 1.165) is 19.0 Å². The van der Waals surface area contributed by atoms with Crippen LogP contribution in [0.2, 0.25) is 0 Å². The van der Waals surface area contributed by atoms with Crippen molar-refractivity contribution in [2.45, 2.75) is 24.2 Å². The van der Waals surface area contributed by atoms with Crippen LogP contribution in [-0.4, -0.2) is 55.5 Å². The van der Waals surface area contributed by atoms with E-state index in [0.29, 0.717) is 13.0 Å². The zero-order valence-electron chi connectivity index (χ0n) is 13.7. The first-order chi connectivity index (χ1) is 11.8. The monoisotopic (exact) mass is 368 g/mol. The highest BCUT2D eigenvalue weighted by Gasteiger charge is 2.55. The molecule has 136 valence electrons. The Bertz CT molecular complexity index is 795. The molecule has 2 aliphatic rings. The van der Waals surface area contributed by atoms with Gasteiger partial charge < -0.3 is 10.0 Å². The summed E-state index contributed by atoms with van der Waals surface area (Å²) in [6.45, 7) is 0.593. The van der Waals surface area contributed by atoms with Gasteiger partial charge >= 0.3 is 12.0 Å². The maximum absolute atomic E-state index is 12.4. The van der Waals surface area contributed by atoms with Crippen LogP contribution in [0.3, 0.4) is 0 Å². The lowest BCUT2D eigenvalue weighted by Gasteiger charge is -2.23. The van der Waals surface area contributed by atoms with Gasteiger partial charge in [0.05, 0.1) is 5.41 Å². The maximum Gasteiger partial charge on any atom is 0.323 e. The molecule has 1 aromatic rings. The van der Waals surface area contributed by atoms with Crippen molar-refractivity contribution < 1.29 is 23.1 Å². The molecule has 1 saturated heterocycles. The van der Waals surface area contributed by atoms with Gasteiger partial charge in [-0.05, 0) is 37.9 Å². The summed E-state index contributed by atoms with van der Waals surface area (Å²) in [5, 5.41) is 12.2. The molecule has 1 aliphatic heterocycles. The third-order valence-corrected chi connectivity index (χ3v) is 6.53. The van der Waals surface area contributed by atoms with Gasteiger partial charge in [-0.2, -0.15) is 0 Å². The van der Waals surface area contributed by atoms with Crippen molar-refractivity contribution in [3.8, 4) is 0 Å². The number of anilines is 1. The molecule has 2 heterocycles. The van der Waals surface area contributed by atoms with Crippen LogP contribution in [0.5, 0.6) is 0 Å². The molecule has 1 saturated carbocycles. The Morgan fingerprint density at radius 2 is 2.16 bits per heavy atom. The van der Waals surface area contributed by atoms with E-state index in [1.807, 2.05) is 0 Å². The number of carboxylic acids is 1. The van der Waals surface area contributed by atoms with E-state index >= 15 is 0 Å². The first-order valence-electron chi connectivity index (χ1n) is 7.97. The first kappa shape index (κ1) is 17.6. The summed E-state index contributed by atoms with van der Waals surface area (Å²) < 4.78 is 25.5. The second-order valence-electron chi connectivity index (χ2n) is 6.45. The van der Waals surface area contributed by atoms with E-state index in [2.05, 4.69) is 15.0 Å². The van der Waals surface area contributed by atoms with Crippen LogP contribution in [0.1, 0.15) is 19.3 Å². The van der Waals surface area contributed by atoms with E-state index in [1.54, 1.807) is 0 Å². The Balaban J connectivity index is 1.68. The van der Waals surface area contributed by atoms with Gasteiger partial charge in [-0.15, -0.1) is 0 Å². The van der Waals surface area contributed by atoms with Crippen molar-refractivity contribution in [2.24, 2.45) is 11.3 Å². The minimum absolute atomic E-state index is 0.00599. The molecule has 2 amide bonds. The smallest absolute Gasteiger partial charge is 0.323 e. The van der Waals surface area contributed by atoms with Gasteiger partial charge in [-0.3, -0.25) is 10.1 Å². The van der Waals surface area contributed by atoms with E-state index in [-0.39, 0.29) is 23.2 Å². The zero-order chi connectivity index (χ0) is 18.2. The van der Waals surface area contributed by atoms with Crippen LogP contribution < -0.4 is 10.0 Å². The van der Waals surface area contributed by atoms with E-state index in [4.69, 9.17) is 0 Å². The molecular weight excluding hydrogens is 348 g/mol. The van der Waals surface area contributed by atoms with Crippen LogP contribution in [0.25, 0.3) is 0 Å². The molecule has 0 aromatic carbocycles. The molecule has 2 fully saturated rings. The zero-order valence-corrected chi connectivity index (χ0v) is 14.5. The van der Waals surface area contributed by atoms with Crippen molar-refractivity contribution in [3.63, 3.8) is 0 Å². The van der Waals surface area contributed by atoms with Gasteiger partial charge in [-0.1, -0.05) is 6.42 Å². The van der Waals surface area contributed by atoms with Crippen molar-refractivity contribution in [2.75, 3.05) is 25.5 Å². The fraction of sp³-hybridized carbons (Fsp3) is 0.533.